The van der Waals surface area contributed by atoms with Crippen molar-refractivity contribution in [3.8, 4) is 44.9 Å². The fourth-order valence-electron chi connectivity index (χ4n) is 7.04. The summed E-state index contributed by atoms with van der Waals surface area (Å²) in [6.45, 7) is 7.41. The van der Waals surface area contributed by atoms with Gasteiger partial charge in [0.1, 0.15) is 24.6 Å². The van der Waals surface area contributed by atoms with Crippen molar-refractivity contribution in [2.24, 2.45) is 0 Å². The number of halogens is 6. The van der Waals surface area contributed by atoms with Gasteiger partial charge in [0.2, 0.25) is 0 Å². The minimum absolute atomic E-state index is 0.185. The van der Waals surface area contributed by atoms with Crippen molar-refractivity contribution in [1.29, 1.82) is 0 Å². The molecule has 0 saturated carbocycles. The van der Waals surface area contributed by atoms with Gasteiger partial charge in [-0.1, -0.05) is 38.8 Å². The van der Waals surface area contributed by atoms with Gasteiger partial charge in [0.05, 0.1) is 26.3 Å². The summed E-state index contributed by atoms with van der Waals surface area (Å²) in [6, 6.07) is 11.1. The maximum absolute atomic E-state index is 14.7. The highest BCUT2D eigenvalue weighted by molar-refractivity contribution is 5.91. The zero-order valence-electron chi connectivity index (χ0n) is 26.6. The normalized spacial score (nSPS) is 15.3. The van der Waals surface area contributed by atoms with E-state index in [1.807, 2.05) is 0 Å². The van der Waals surface area contributed by atoms with E-state index in [0.717, 1.165) is 87.0 Å². The predicted molar refractivity (Wildman–Crippen MR) is 170 cm³/mol. The molecule has 0 saturated heterocycles. The summed E-state index contributed by atoms with van der Waals surface area (Å²) in [7, 11) is 0. The fraction of sp³-hybridized carbons (Fsp3) is 0.368. The van der Waals surface area contributed by atoms with Crippen molar-refractivity contribution < 1.29 is 40.3 Å². The number of ether oxygens (including phenoxy) is 2. The topological polar surface area (TPSA) is 18.5 Å². The number of hydrogen-bond donors (Lipinski definition) is 0. The highest BCUT2D eigenvalue weighted by atomic mass is 19.2. The van der Waals surface area contributed by atoms with Crippen LogP contribution in [0.4, 0.5) is 26.3 Å². The summed E-state index contributed by atoms with van der Waals surface area (Å²) in [4.78, 5) is 0. The van der Waals surface area contributed by atoms with Gasteiger partial charge in [0.15, 0.2) is 34.9 Å². The molecule has 3 nitrogen and oxygen atoms in total. The summed E-state index contributed by atoms with van der Waals surface area (Å²) in [5.41, 5.74) is 4.28. The first-order chi connectivity index (χ1) is 22.7. The second-order valence-corrected chi connectivity index (χ2v) is 12.7. The lowest BCUT2D eigenvalue weighted by molar-refractivity contribution is -0.953. The Labute approximate surface area is 271 Å². The Balaban J connectivity index is 1.74. The molecule has 0 bridgehead atoms. The first kappa shape index (κ1) is 32.9. The van der Waals surface area contributed by atoms with E-state index in [2.05, 4.69) is 13.8 Å². The Bertz CT molecular complexity index is 1630. The molecule has 9 heteroatoms. The highest BCUT2D eigenvalue weighted by Crippen LogP contribution is 2.52. The SMILES string of the molecule is CCCC[N+]1(CCCC)Cc2c(-c3cc(F)c(F)c(F)c3)ccc3c2-c2c(ccc(-c4cc(F)c(F)c(F)c4)c2C1)OCCCCO3. The van der Waals surface area contributed by atoms with Crippen LogP contribution < -0.4 is 9.47 Å². The van der Waals surface area contributed by atoms with Gasteiger partial charge in [-0.05, 0) is 84.3 Å². The van der Waals surface area contributed by atoms with E-state index < -0.39 is 34.9 Å². The molecule has 248 valence electrons. The third kappa shape index (κ3) is 6.34. The number of benzene rings is 4. The lowest BCUT2D eigenvalue weighted by Crippen LogP contribution is -2.47. The summed E-state index contributed by atoms with van der Waals surface area (Å²) in [5.74, 6) is -7.16. The molecule has 6 rings (SSSR count). The maximum atomic E-state index is 14.7. The quantitative estimate of drug-likeness (QED) is 0.107. The van der Waals surface area contributed by atoms with Gasteiger partial charge in [0, 0.05) is 22.3 Å². The molecule has 47 heavy (non-hydrogen) atoms. The molecule has 0 fully saturated rings. The molecule has 2 aliphatic heterocycles. The molecule has 4 aromatic rings. The van der Waals surface area contributed by atoms with Gasteiger partial charge < -0.3 is 14.0 Å². The van der Waals surface area contributed by atoms with Crippen molar-refractivity contribution in [3.05, 3.63) is 94.6 Å². The Morgan fingerprint density at radius 3 is 1.32 bits per heavy atom. The van der Waals surface area contributed by atoms with Gasteiger partial charge in [-0.3, -0.25) is 0 Å². The van der Waals surface area contributed by atoms with E-state index in [1.165, 1.54) is 0 Å². The van der Waals surface area contributed by atoms with Crippen molar-refractivity contribution in [1.82, 2.24) is 0 Å². The maximum Gasteiger partial charge on any atom is 0.194 e. The molecule has 2 aliphatic rings. The van der Waals surface area contributed by atoms with Gasteiger partial charge in [0.25, 0.3) is 0 Å². The Morgan fingerprint density at radius 1 is 0.574 bits per heavy atom. The summed E-state index contributed by atoms with van der Waals surface area (Å²) in [5, 5.41) is 0. The van der Waals surface area contributed by atoms with Gasteiger partial charge >= 0.3 is 0 Å². The van der Waals surface area contributed by atoms with Crippen molar-refractivity contribution in [2.45, 2.75) is 65.5 Å². The molecule has 0 unspecified atom stereocenters. The number of hydrogen-bond acceptors (Lipinski definition) is 2. The number of nitrogens with zero attached hydrogens (tertiary/aromatic N) is 1. The molecular formula is C38H38F6NO2+. The second kappa shape index (κ2) is 13.6. The lowest BCUT2D eigenvalue weighted by Gasteiger charge is -2.39. The number of quaternary nitrogens is 1. The smallest absolute Gasteiger partial charge is 0.194 e. The van der Waals surface area contributed by atoms with Crippen LogP contribution in [0.3, 0.4) is 0 Å². The van der Waals surface area contributed by atoms with Gasteiger partial charge in [-0.15, -0.1) is 0 Å². The van der Waals surface area contributed by atoms with Gasteiger partial charge in [-0.2, -0.15) is 0 Å². The van der Waals surface area contributed by atoms with Crippen LogP contribution in [0.2, 0.25) is 0 Å². The summed E-state index contributed by atoms with van der Waals surface area (Å²) >= 11 is 0. The zero-order valence-corrected chi connectivity index (χ0v) is 26.6. The molecule has 0 aromatic heterocycles. The molecule has 0 amide bonds. The van der Waals surface area contributed by atoms with Crippen molar-refractivity contribution >= 4 is 0 Å². The van der Waals surface area contributed by atoms with Crippen LogP contribution in [-0.2, 0) is 13.1 Å². The molecule has 0 radical (unpaired) electrons. The molecule has 0 aliphatic carbocycles. The third-order valence-electron chi connectivity index (χ3n) is 9.40. The van der Waals surface area contributed by atoms with Crippen LogP contribution in [0, 0.1) is 34.9 Å². The molecule has 0 spiro atoms. The zero-order chi connectivity index (χ0) is 33.3. The van der Waals surface area contributed by atoms with E-state index in [4.69, 9.17) is 9.47 Å². The van der Waals surface area contributed by atoms with E-state index >= 15 is 0 Å². The fourth-order valence-corrected chi connectivity index (χ4v) is 7.04. The van der Waals surface area contributed by atoms with E-state index in [-0.39, 0.29) is 11.1 Å². The average Bonchev–Trinajstić information content (AvgIpc) is 3.21. The van der Waals surface area contributed by atoms with Crippen molar-refractivity contribution in [2.75, 3.05) is 26.3 Å². The predicted octanol–water partition coefficient (Wildman–Crippen LogP) is 10.5. The van der Waals surface area contributed by atoms with Crippen LogP contribution in [0.5, 0.6) is 11.5 Å². The van der Waals surface area contributed by atoms with Crippen LogP contribution in [0.1, 0.15) is 63.5 Å². The Kier molecular flexibility index (Phi) is 9.55. The minimum Gasteiger partial charge on any atom is -0.493 e. The van der Waals surface area contributed by atoms with Crippen LogP contribution >= 0.6 is 0 Å². The molecule has 2 heterocycles. The number of unbranched alkanes of at least 4 members (excludes halogenated alkanes) is 2. The Hall–Kier alpha value is -3.98. The third-order valence-corrected chi connectivity index (χ3v) is 9.40. The largest absolute Gasteiger partial charge is 0.493 e. The molecular weight excluding hydrogens is 616 g/mol. The van der Waals surface area contributed by atoms with E-state index in [9.17, 15) is 26.3 Å². The van der Waals surface area contributed by atoms with Gasteiger partial charge in [-0.25, -0.2) is 26.3 Å². The molecule has 4 aromatic carbocycles. The standard InChI is InChI=1S/C38H38F6NO2/c1-3-5-13-45(14-6-4-2)21-27-25(23-17-29(39)37(43)30(40)18-23)9-11-33-35(27)36-28(22-45)26(24-19-31(41)38(44)32(42)20-24)10-12-34(36)47-16-8-7-15-46-33/h9-12,17-20H,3-8,13-16,21-22H2,1-2H3/q+1. The highest BCUT2D eigenvalue weighted by Gasteiger charge is 2.39. The first-order valence-electron chi connectivity index (χ1n) is 16.4. The Morgan fingerprint density at radius 2 is 0.957 bits per heavy atom. The molecule has 0 atom stereocenters. The van der Waals surface area contributed by atoms with E-state index in [0.29, 0.717) is 64.5 Å². The van der Waals surface area contributed by atoms with Crippen LogP contribution in [0.15, 0.2) is 48.5 Å². The van der Waals surface area contributed by atoms with Crippen molar-refractivity contribution in [3.63, 3.8) is 0 Å². The second-order valence-electron chi connectivity index (χ2n) is 12.7. The summed E-state index contributed by atoms with van der Waals surface area (Å²) < 4.78 is 101. The monoisotopic (exact) mass is 654 g/mol. The molecule has 0 N–H and O–H groups in total. The van der Waals surface area contributed by atoms with Crippen LogP contribution in [-0.4, -0.2) is 30.8 Å². The van der Waals surface area contributed by atoms with E-state index in [1.54, 1.807) is 24.3 Å². The first-order valence-corrected chi connectivity index (χ1v) is 16.4. The summed E-state index contributed by atoms with van der Waals surface area (Å²) in [6.07, 6.45) is 5.05. The van der Waals surface area contributed by atoms with Crippen LogP contribution in [0.25, 0.3) is 33.4 Å². The number of rotatable bonds is 8. The minimum atomic E-state index is -1.54. The lowest BCUT2D eigenvalue weighted by atomic mass is 9.86. The average molecular weight is 655 g/mol.